The first-order chi connectivity index (χ1) is 16.7. The van der Waals surface area contributed by atoms with Crippen molar-refractivity contribution in [3.63, 3.8) is 0 Å². The molecular formula is C23H18ClN7O2S. The van der Waals surface area contributed by atoms with Crippen LogP contribution in [0.3, 0.4) is 0 Å². The van der Waals surface area contributed by atoms with Crippen molar-refractivity contribution in [3.05, 3.63) is 65.8 Å². The lowest BCUT2D eigenvalue weighted by molar-refractivity contribution is -0.117. The van der Waals surface area contributed by atoms with E-state index in [-0.39, 0.29) is 11.8 Å². The number of ether oxygens (including phenoxy) is 1. The number of fused-ring (bicyclic) bond motifs is 1. The third-order valence-corrected chi connectivity index (χ3v) is 6.77. The fraction of sp³-hybridized carbons (Fsp3) is 0.174. The zero-order chi connectivity index (χ0) is 23.1. The predicted molar refractivity (Wildman–Crippen MR) is 129 cm³/mol. The molecule has 0 bridgehead atoms. The number of aromatic amines is 1. The number of H-pyrrole nitrogens is 1. The van der Waals surface area contributed by atoms with E-state index in [4.69, 9.17) is 16.3 Å². The average Bonchev–Trinajstić information content (AvgIpc) is 3.28. The van der Waals surface area contributed by atoms with Crippen molar-refractivity contribution in [2.45, 2.75) is 19.4 Å². The quantitative estimate of drug-likeness (QED) is 0.337. The van der Waals surface area contributed by atoms with Gasteiger partial charge in [0.25, 0.3) is 0 Å². The van der Waals surface area contributed by atoms with Crippen molar-refractivity contribution in [2.75, 3.05) is 5.32 Å². The fourth-order valence-electron chi connectivity index (χ4n) is 3.58. The third kappa shape index (κ3) is 4.02. The Morgan fingerprint density at radius 3 is 2.97 bits per heavy atom. The second kappa shape index (κ2) is 8.54. The smallest absolute Gasteiger partial charge is 0.229 e. The van der Waals surface area contributed by atoms with Crippen LogP contribution in [0.25, 0.3) is 27.4 Å². The molecule has 9 nitrogen and oxygen atoms in total. The molecule has 0 radical (unpaired) electrons. The number of nitrogens with zero attached hydrogens (tertiary/aromatic N) is 5. The van der Waals surface area contributed by atoms with Crippen LogP contribution in [0.1, 0.15) is 18.4 Å². The summed E-state index contributed by atoms with van der Waals surface area (Å²) in [6.07, 6.45) is 8.78. The maximum atomic E-state index is 12.1. The standard InChI is InChI=1S/C23H18ClN7O2S/c24-17-8-15(33-11-13-2-1-7-25-9-13)5-6-16(17)18-10-26-12-31(18)21-19-20(29-30-21)27-23(34-19)28-22(32)14-3-4-14/h1-2,5-10,12,14H,3-4,11H2,(H2,27,28,29,30,32). The first kappa shape index (κ1) is 20.8. The highest BCUT2D eigenvalue weighted by atomic mass is 35.5. The Hall–Kier alpha value is -3.76. The molecular weight excluding hydrogens is 474 g/mol. The summed E-state index contributed by atoms with van der Waals surface area (Å²) in [7, 11) is 0. The number of hydrogen-bond donors (Lipinski definition) is 2. The van der Waals surface area contributed by atoms with Gasteiger partial charge in [-0.2, -0.15) is 5.10 Å². The van der Waals surface area contributed by atoms with Crippen LogP contribution in [-0.4, -0.2) is 35.6 Å². The number of thiazole rings is 1. The van der Waals surface area contributed by atoms with Crippen LogP contribution in [0.5, 0.6) is 5.75 Å². The van der Waals surface area contributed by atoms with E-state index in [1.807, 2.05) is 28.8 Å². The zero-order valence-electron chi connectivity index (χ0n) is 17.7. The van der Waals surface area contributed by atoms with Gasteiger partial charge < -0.3 is 10.1 Å². The molecule has 0 aliphatic heterocycles. The molecule has 1 saturated carbocycles. The molecule has 2 N–H and O–H groups in total. The summed E-state index contributed by atoms with van der Waals surface area (Å²) in [6.45, 7) is 0.400. The predicted octanol–water partition coefficient (Wildman–Crippen LogP) is 4.85. The van der Waals surface area contributed by atoms with Crippen LogP contribution in [0, 0.1) is 5.92 Å². The second-order valence-corrected chi connectivity index (χ2v) is 9.35. The molecule has 1 aliphatic carbocycles. The monoisotopic (exact) mass is 491 g/mol. The van der Waals surface area contributed by atoms with Crippen LogP contribution >= 0.6 is 22.9 Å². The summed E-state index contributed by atoms with van der Waals surface area (Å²) >= 11 is 8.01. The summed E-state index contributed by atoms with van der Waals surface area (Å²) in [5, 5.41) is 11.3. The number of nitrogens with one attached hydrogen (secondary N) is 2. The molecule has 34 heavy (non-hydrogen) atoms. The van der Waals surface area contributed by atoms with Gasteiger partial charge in [0.1, 0.15) is 23.4 Å². The molecule has 0 saturated heterocycles. The number of hydrogen-bond acceptors (Lipinski definition) is 7. The first-order valence-corrected chi connectivity index (χ1v) is 11.9. The van der Waals surface area contributed by atoms with Crippen molar-refractivity contribution in [1.29, 1.82) is 0 Å². The number of rotatable bonds is 7. The van der Waals surface area contributed by atoms with Crippen molar-refractivity contribution >= 4 is 44.3 Å². The second-order valence-electron chi connectivity index (χ2n) is 7.95. The van der Waals surface area contributed by atoms with Gasteiger partial charge in [0, 0.05) is 29.4 Å². The van der Waals surface area contributed by atoms with E-state index in [1.54, 1.807) is 31.0 Å². The number of anilines is 1. The molecule has 0 spiro atoms. The van der Waals surface area contributed by atoms with E-state index in [1.165, 1.54) is 11.3 Å². The van der Waals surface area contributed by atoms with Gasteiger partial charge in [-0.25, -0.2) is 9.97 Å². The van der Waals surface area contributed by atoms with E-state index in [0.717, 1.165) is 34.4 Å². The Bertz CT molecular complexity index is 1490. The van der Waals surface area contributed by atoms with Gasteiger partial charge in [0.15, 0.2) is 16.6 Å². The number of amides is 1. The molecule has 4 heterocycles. The summed E-state index contributed by atoms with van der Waals surface area (Å²) < 4.78 is 8.52. The van der Waals surface area contributed by atoms with Gasteiger partial charge in [-0.3, -0.25) is 19.4 Å². The zero-order valence-corrected chi connectivity index (χ0v) is 19.3. The lowest BCUT2D eigenvalue weighted by Crippen LogP contribution is -2.12. The van der Waals surface area contributed by atoms with E-state index in [9.17, 15) is 4.79 Å². The summed E-state index contributed by atoms with van der Waals surface area (Å²) in [4.78, 5) is 25.0. The van der Waals surface area contributed by atoms with E-state index in [0.29, 0.717) is 34.0 Å². The minimum Gasteiger partial charge on any atom is -0.489 e. The van der Waals surface area contributed by atoms with E-state index in [2.05, 4.69) is 30.5 Å². The van der Waals surface area contributed by atoms with E-state index < -0.39 is 0 Å². The molecule has 6 rings (SSSR count). The van der Waals surface area contributed by atoms with Crippen LogP contribution in [0.2, 0.25) is 5.02 Å². The van der Waals surface area contributed by atoms with Gasteiger partial charge in [-0.05, 0) is 37.1 Å². The third-order valence-electron chi connectivity index (χ3n) is 5.49. The van der Waals surface area contributed by atoms with Crippen LogP contribution < -0.4 is 10.1 Å². The number of carbonyl (C=O) groups is 1. The van der Waals surface area contributed by atoms with E-state index >= 15 is 0 Å². The fourth-order valence-corrected chi connectivity index (χ4v) is 4.75. The molecule has 1 aromatic carbocycles. The van der Waals surface area contributed by atoms with Crippen LogP contribution in [0.15, 0.2) is 55.2 Å². The highest BCUT2D eigenvalue weighted by Crippen LogP contribution is 2.36. The summed E-state index contributed by atoms with van der Waals surface area (Å²) in [5.41, 5.74) is 3.14. The number of benzene rings is 1. The highest BCUT2D eigenvalue weighted by Gasteiger charge is 2.30. The molecule has 1 fully saturated rings. The maximum absolute atomic E-state index is 12.1. The molecule has 1 aliphatic rings. The van der Waals surface area contributed by atoms with Crippen molar-refractivity contribution in [3.8, 4) is 22.8 Å². The SMILES string of the molecule is O=C(Nc1nc2[nH]nc(-n3cncc3-c3ccc(OCc4cccnc4)cc3Cl)c2s1)C1CC1. The maximum Gasteiger partial charge on any atom is 0.229 e. The van der Waals surface area contributed by atoms with Crippen LogP contribution in [0.4, 0.5) is 5.13 Å². The molecule has 170 valence electrons. The summed E-state index contributed by atoms with van der Waals surface area (Å²) in [5.74, 6) is 1.43. The number of carbonyl (C=O) groups excluding carboxylic acids is 1. The molecule has 5 aromatic rings. The van der Waals surface area contributed by atoms with Crippen molar-refractivity contribution < 1.29 is 9.53 Å². The minimum absolute atomic E-state index is 0.0202. The van der Waals surface area contributed by atoms with Gasteiger partial charge >= 0.3 is 0 Å². The minimum atomic E-state index is 0.0202. The number of imidazole rings is 1. The van der Waals surface area contributed by atoms with Crippen LogP contribution in [-0.2, 0) is 11.4 Å². The van der Waals surface area contributed by atoms with Crippen molar-refractivity contribution in [2.24, 2.45) is 5.92 Å². The molecule has 0 unspecified atom stereocenters. The van der Waals surface area contributed by atoms with Gasteiger partial charge in [-0.15, -0.1) is 0 Å². The Morgan fingerprint density at radius 2 is 2.18 bits per heavy atom. The van der Waals surface area contributed by atoms with Gasteiger partial charge in [0.2, 0.25) is 5.91 Å². The lowest BCUT2D eigenvalue weighted by Gasteiger charge is -2.10. The number of pyridine rings is 1. The topological polar surface area (TPSA) is 111 Å². The normalized spacial score (nSPS) is 13.3. The molecule has 4 aromatic heterocycles. The average molecular weight is 492 g/mol. The molecule has 1 amide bonds. The van der Waals surface area contributed by atoms with Crippen molar-refractivity contribution in [1.82, 2.24) is 29.7 Å². The lowest BCUT2D eigenvalue weighted by atomic mass is 10.1. The summed E-state index contributed by atoms with van der Waals surface area (Å²) in [6, 6.07) is 9.37. The largest absolute Gasteiger partial charge is 0.489 e. The Balaban J connectivity index is 1.26. The van der Waals surface area contributed by atoms with Gasteiger partial charge in [0.05, 0.1) is 16.9 Å². The van der Waals surface area contributed by atoms with Gasteiger partial charge in [-0.1, -0.05) is 29.0 Å². The number of aromatic nitrogens is 6. The molecule has 11 heteroatoms. The Morgan fingerprint density at radius 1 is 1.26 bits per heavy atom. The Labute approximate surface area is 202 Å². The molecule has 0 atom stereocenters. The first-order valence-electron chi connectivity index (χ1n) is 10.7. The Kier molecular flexibility index (Phi) is 5.23. The highest BCUT2D eigenvalue weighted by molar-refractivity contribution is 7.22. The number of halogens is 1.